The second kappa shape index (κ2) is 4.51. The minimum atomic E-state index is -0.155. The highest BCUT2D eigenvalue weighted by molar-refractivity contribution is 6.30. The summed E-state index contributed by atoms with van der Waals surface area (Å²) in [6.45, 7) is 2.26. The maximum absolute atomic E-state index is 12.2. The van der Waals surface area contributed by atoms with E-state index in [1.165, 1.54) is 9.20 Å². The minimum absolute atomic E-state index is 0.155. The number of rotatable bonds is 2. The molecule has 0 aliphatic heterocycles. The third-order valence-corrected chi connectivity index (χ3v) is 3.11. The van der Waals surface area contributed by atoms with Crippen LogP contribution in [0, 0.1) is 6.92 Å². The Balaban J connectivity index is 2.03. The van der Waals surface area contributed by atoms with Gasteiger partial charge in [-0.1, -0.05) is 23.7 Å². The number of hydrogen-bond acceptors (Lipinski definition) is 3. The van der Waals surface area contributed by atoms with E-state index in [-0.39, 0.29) is 5.56 Å². The van der Waals surface area contributed by atoms with Gasteiger partial charge in [-0.2, -0.15) is 10.2 Å². The first kappa shape index (κ1) is 11.9. The highest BCUT2D eigenvalue weighted by Crippen LogP contribution is 2.10. The van der Waals surface area contributed by atoms with Crippen molar-refractivity contribution in [1.29, 1.82) is 0 Å². The Labute approximate surface area is 114 Å². The summed E-state index contributed by atoms with van der Waals surface area (Å²) < 4.78 is 2.91. The number of aryl methyl sites for hydroxylation is 1. The smallest absolute Gasteiger partial charge is 0.265 e. The van der Waals surface area contributed by atoms with E-state index >= 15 is 0 Å². The molecule has 19 heavy (non-hydrogen) atoms. The molecule has 2 heterocycles. The molecular weight excluding hydrogens is 264 g/mol. The second-order valence-corrected chi connectivity index (χ2v) is 4.77. The van der Waals surface area contributed by atoms with Gasteiger partial charge in [0.1, 0.15) is 11.8 Å². The number of aromatic nitrogens is 4. The van der Waals surface area contributed by atoms with Gasteiger partial charge in [0.15, 0.2) is 0 Å². The molecule has 5 nitrogen and oxygen atoms in total. The number of fused-ring (bicyclic) bond motifs is 1. The average molecular weight is 275 g/mol. The summed E-state index contributed by atoms with van der Waals surface area (Å²) in [6.07, 6.45) is 1.54. The molecule has 3 aromatic rings. The van der Waals surface area contributed by atoms with Crippen LogP contribution >= 0.6 is 11.6 Å². The number of benzene rings is 1. The Kier molecular flexibility index (Phi) is 2.83. The van der Waals surface area contributed by atoms with Crippen LogP contribution in [0.4, 0.5) is 0 Å². The van der Waals surface area contributed by atoms with Crippen LogP contribution in [0.2, 0.25) is 5.02 Å². The van der Waals surface area contributed by atoms with E-state index in [0.29, 0.717) is 17.1 Å². The van der Waals surface area contributed by atoms with Crippen LogP contribution in [-0.4, -0.2) is 19.4 Å². The second-order valence-electron chi connectivity index (χ2n) is 4.34. The minimum Gasteiger partial charge on any atom is -0.265 e. The maximum Gasteiger partial charge on any atom is 0.293 e. The molecule has 96 valence electrons. The first-order chi connectivity index (χ1) is 9.13. The van der Waals surface area contributed by atoms with Crippen LogP contribution in [0.1, 0.15) is 11.3 Å². The van der Waals surface area contributed by atoms with Gasteiger partial charge < -0.3 is 0 Å². The number of nitrogens with zero attached hydrogens (tertiary/aromatic N) is 4. The van der Waals surface area contributed by atoms with Crippen molar-refractivity contribution in [3.05, 3.63) is 63.3 Å². The Hall–Kier alpha value is -2.14. The standard InChI is InChI=1S/C13H11ClN4O/c1-9-6-12-13(19)17(15-8-18(12)16-9)7-10-2-4-11(14)5-3-10/h2-6,8H,7H2,1H3. The van der Waals surface area contributed by atoms with Gasteiger partial charge in [0, 0.05) is 5.02 Å². The first-order valence-electron chi connectivity index (χ1n) is 5.80. The molecule has 0 saturated heterocycles. The van der Waals surface area contributed by atoms with E-state index in [1.54, 1.807) is 24.5 Å². The summed E-state index contributed by atoms with van der Waals surface area (Å²) in [5, 5.41) is 8.94. The van der Waals surface area contributed by atoms with Crippen molar-refractivity contribution in [3.63, 3.8) is 0 Å². The van der Waals surface area contributed by atoms with Crippen LogP contribution < -0.4 is 5.56 Å². The molecule has 0 amide bonds. The van der Waals surface area contributed by atoms with E-state index in [0.717, 1.165) is 11.3 Å². The lowest BCUT2D eigenvalue weighted by atomic mass is 10.2. The van der Waals surface area contributed by atoms with Crippen molar-refractivity contribution in [2.75, 3.05) is 0 Å². The highest BCUT2D eigenvalue weighted by Gasteiger charge is 2.06. The van der Waals surface area contributed by atoms with Crippen LogP contribution in [0.5, 0.6) is 0 Å². The van der Waals surface area contributed by atoms with E-state index in [4.69, 9.17) is 11.6 Å². The third kappa shape index (κ3) is 2.24. The summed E-state index contributed by atoms with van der Waals surface area (Å²) >= 11 is 5.83. The summed E-state index contributed by atoms with van der Waals surface area (Å²) in [7, 11) is 0. The van der Waals surface area contributed by atoms with E-state index < -0.39 is 0 Å². The summed E-state index contributed by atoms with van der Waals surface area (Å²) in [4.78, 5) is 12.2. The van der Waals surface area contributed by atoms with Crippen molar-refractivity contribution >= 4 is 17.1 Å². The zero-order chi connectivity index (χ0) is 13.4. The van der Waals surface area contributed by atoms with Crippen LogP contribution in [0.25, 0.3) is 5.52 Å². The molecule has 0 aliphatic rings. The Bertz CT molecular complexity index is 789. The quantitative estimate of drug-likeness (QED) is 0.717. The van der Waals surface area contributed by atoms with Gasteiger partial charge in [0.25, 0.3) is 5.56 Å². The third-order valence-electron chi connectivity index (χ3n) is 2.86. The fraction of sp³-hybridized carbons (Fsp3) is 0.154. The van der Waals surface area contributed by atoms with E-state index in [2.05, 4.69) is 10.2 Å². The average Bonchev–Trinajstić information content (AvgIpc) is 2.77. The van der Waals surface area contributed by atoms with Crippen molar-refractivity contribution in [2.24, 2.45) is 0 Å². The first-order valence-corrected chi connectivity index (χ1v) is 6.18. The van der Waals surface area contributed by atoms with E-state index in [9.17, 15) is 4.79 Å². The SMILES string of the molecule is Cc1cc2c(=O)n(Cc3ccc(Cl)cc3)ncn2n1. The molecule has 0 unspecified atom stereocenters. The van der Waals surface area contributed by atoms with Gasteiger partial charge in [-0.15, -0.1) is 0 Å². The topological polar surface area (TPSA) is 52.2 Å². The van der Waals surface area contributed by atoms with E-state index in [1.807, 2.05) is 19.1 Å². The fourth-order valence-electron chi connectivity index (χ4n) is 1.94. The van der Waals surface area contributed by atoms with Gasteiger partial charge >= 0.3 is 0 Å². The normalized spacial score (nSPS) is 11.1. The van der Waals surface area contributed by atoms with Gasteiger partial charge in [-0.25, -0.2) is 9.20 Å². The largest absolute Gasteiger partial charge is 0.293 e. The fourth-order valence-corrected chi connectivity index (χ4v) is 2.06. The van der Waals surface area contributed by atoms with Crippen molar-refractivity contribution < 1.29 is 0 Å². The molecule has 0 fully saturated rings. The molecule has 0 saturated carbocycles. The number of halogens is 1. The van der Waals surface area contributed by atoms with Crippen LogP contribution in [0.3, 0.4) is 0 Å². The molecule has 6 heteroatoms. The zero-order valence-electron chi connectivity index (χ0n) is 10.2. The predicted octanol–water partition coefficient (Wildman–Crippen LogP) is 1.90. The Morgan fingerprint density at radius 3 is 2.74 bits per heavy atom. The predicted molar refractivity (Wildman–Crippen MR) is 72.5 cm³/mol. The molecule has 2 aromatic heterocycles. The zero-order valence-corrected chi connectivity index (χ0v) is 11.0. The summed E-state index contributed by atoms with van der Waals surface area (Å²) in [6, 6.07) is 9.10. The monoisotopic (exact) mass is 274 g/mol. The molecule has 0 aliphatic carbocycles. The Morgan fingerprint density at radius 2 is 2.00 bits per heavy atom. The van der Waals surface area contributed by atoms with Gasteiger partial charge in [-0.05, 0) is 30.7 Å². The molecule has 0 atom stereocenters. The van der Waals surface area contributed by atoms with Gasteiger partial charge in [0.2, 0.25) is 0 Å². The van der Waals surface area contributed by atoms with Gasteiger partial charge in [-0.3, -0.25) is 4.79 Å². The van der Waals surface area contributed by atoms with Crippen molar-refractivity contribution in [3.8, 4) is 0 Å². The van der Waals surface area contributed by atoms with Gasteiger partial charge in [0.05, 0.1) is 12.2 Å². The van der Waals surface area contributed by atoms with Crippen molar-refractivity contribution in [2.45, 2.75) is 13.5 Å². The molecule has 0 spiro atoms. The number of hydrogen-bond donors (Lipinski definition) is 0. The molecule has 3 rings (SSSR count). The highest BCUT2D eigenvalue weighted by atomic mass is 35.5. The molecule has 0 radical (unpaired) electrons. The maximum atomic E-state index is 12.2. The molecular formula is C13H11ClN4O. The van der Waals surface area contributed by atoms with Crippen molar-refractivity contribution in [1.82, 2.24) is 19.4 Å². The summed E-state index contributed by atoms with van der Waals surface area (Å²) in [5.41, 5.74) is 2.14. The molecule has 0 N–H and O–H groups in total. The Morgan fingerprint density at radius 1 is 1.26 bits per heavy atom. The lowest BCUT2D eigenvalue weighted by Crippen LogP contribution is -2.25. The molecule has 0 bridgehead atoms. The lowest BCUT2D eigenvalue weighted by Gasteiger charge is -2.04. The van der Waals surface area contributed by atoms with Crippen LogP contribution in [-0.2, 0) is 6.54 Å². The summed E-state index contributed by atoms with van der Waals surface area (Å²) in [5.74, 6) is 0. The lowest BCUT2D eigenvalue weighted by molar-refractivity contribution is 0.619. The van der Waals surface area contributed by atoms with Crippen LogP contribution in [0.15, 0.2) is 41.5 Å². The molecule has 1 aromatic carbocycles.